The fourth-order valence-electron chi connectivity index (χ4n) is 2.85. The largest absolute Gasteiger partial charge is 0.345 e. The van der Waals surface area contributed by atoms with Gasteiger partial charge in [0.2, 0.25) is 5.91 Å². The van der Waals surface area contributed by atoms with E-state index in [1.54, 1.807) is 31.3 Å². The molecule has 0 aliphatic carbocycles. The lowest BCUT2D eigenvalue weighted by atomic mass is 9.88. The molecule has 0 N–H and O–H groups in total. The van der Waals surface area contributed by atoms with Crippen LogP contribution in [-0.4, -0.2) is 41.3 Å². The highest BCUT2D eigenvalue weighted by molar-refractivity contribution is 6.18. The van der Waals surface area contributed by atoms with Gasteiger partial charge in [0.1, 0.15) is 12.5 Å². The van der Waals surface area contributed by atoms with Crippen molar-refractivity contribution in [3.8, 4) is 0 Å². The highest BCUT2D eigenvalue weighted by Gasteiger charge is 2.44. The van der Waals surface area contributed by atoms with Crippen LogP contribution in [0.4, 0.5) is 0 Å². The van der Waals surface area contributed by atoms with Crippen LogP contribution in [0.15, 0.2) is 54.6 Å². The summed E-state index contributed by atoms with van der Waals surface area (Å²) in [6, 6.07) is 15.9. The Morgan fingerprint density at radius 3 is 2.42 bits per heavy atom. The maximum atomic E-state index is 12.9. The second kappa shape index (κ2) is 7.49. The van der Waals surface area contributed by atoms with E-state index >= 15 is 0 Å². The molecule has 6 heteroatoms. The first-order chi connectivity index (χ1) is 12.5. The van der Waals surface area contributed by atoms with Crippen LogP contribution in [0.25, 0.3) is 0 Å². The Morgan fingerprint density at radius 2 is 1.73 bits per heavy atom. The van der Waals surface area contributed by atoms with Gasteiger partial charge in [-0.15, -0.1) is 5.06 Å². The predicted octanol–water partition coefficient (Wildman–Crippen LogP) is 2.36. The van der Waals surface area contributed by atoms with Crippen LogP contribution in [0.2, 0.25) is 0 Å². The molecule has 1 heterocycles. The van der Waals surface area contributed by atoms with Crippen LogP contribution in [0.5, 0.6) is 0 Å². The summed E-state index contributed by atoms with van der Waals surface area (Å²) >= 11 is 0. The number of amides is 3. The lowest BCUT2D eigenvalue weighted by Crippen LogP contribution is -2.49. The predicted molar refractivity (Wildman–Crippen MR) is 94.9 cm³/mol. The van der Waals surface area contributed by atoms with Gasteiger partial charge in [0.25, 0.3) is 11.8 Å². The summed E-state index contributed by atoms with van der Waals surface area (Å²) in [6.07, 6.45) is 0. The maximum Gasteiger partial charge on any atom is 0.285 e. The normalized spacial score (nSPS) is 16.4. The molecule has 6 nitrogen and oxygen atoms in total. The molecule has 0 radical (unpaired) electrons. The summed E-state index contributed by atoms with van der Waals surface area (Å²) < 4.78 is 0. The second-order valence-corrected chi connectivity index (χ2v) is 6.07. The summed E-state index contributed by atoms with van der Waals surface area (Å²) in [5, 5.41) is 0.724. The number of carbonyl (C=O) groups is 3. The second-order valence-electron chi connectivity index (χ2n) is 6.07. The number of rotatable bonds is 5. The Balaban J connectivity index is 1.93. The topological polar surface area (TPSA) is 66.9 Å². The minimum atomic E-state index is -1.08. The molecule has 1 aliphatic rings. The number of likely N-dealkylation sites (N-methyl/N-ethyl adjacent to an activating group) is 1. The Morgan fingerprint density at radius 1 is 1.08 bits per heavy atom. The lowest BCUT2D eigenvalue weighted by molar-refractivity contribution is -0.178. The van der Waals surface area contributed by atoms with Crippen LogP contribution in [0.3, 0.4) is 0 Å². The first-order valence-electron chi connectivity index (χ1n) is 8.43. The molecule has 1 aliphatic heterocycles. The van der Waals surface area contributed by atoms with Crippen LogP contribution in [-0.2, 0) is 21.0 Å². The van der Waals surface area contributed by atoms with Crippen molar-refractivity contribution in [1.29, 1.82) is 0 Å². The van der Waals surface area contributed by atoms with Crippen molar-refractivity contribution in [3.63, 3.8) is 0 Å². The van der Waals surface area contributed by atoms with E-state index in [0.29, 0.717) is 17.7 Å². The molecule has 2 aromatic carbocycles. The first kappa shape index (κ1) is 17.8. The van der Waals surface area contributed by atoms with Crippen LogP contribution in [0.1, 0.15) is 34.3 Å². The van der Waals surface area contributed by atoms with Crippen LogP contribution in [0, 0.1) is 0 Å². The number of hydrogen-bond donors (Lipinski definition) is 0. The Labute approximate surface area is 151 Å². The van der Waals surface area contributed by atoms with Gasteiger partial charge in [-0.1, -0.05) is 48.5 Å². The zero-order chi connectivity index (χ0) is 18.7. The lowest BCUT2D eigenvalue weighted by Gasteiger charge is -2.32. The smallest absolute Gasteiger partial charge is 0.285 e. The molecule has 0 fully saturated rings. The number of hydrogen-bond acceptors (Lipinski definition) is 4. The van der Waals surface area contributed by atoms with E-state index in [-0.39, 0.29) is 12.5 Å². The van der Waals surface area contributed by atoms with E-state index in [1.165, 1.54) is 4.90 Å². The van der Waals surface area contributed by atoms with Gasteiger partial charge in [0.05, 0.1) is 0 Å². The summed E-state index contributed by atoms with van der Waals surface area (Å²) in [7, 11) is 1.63. The van der Waals surface area contributed by atoms with Crippen LogP contribution >= 0.6 is 0 Å². The molecule has 0 saturated carbocycles. The zero-order valence-electron chi connectivity index (χ0n) is 14.7. The fraction of sp³-hybridized carbons (Fsp3) is 0.250. The number of fused-ring (bicyclic) bond motifs is 1. The third kappa shape index (κ3) is 3.23. The molecule has 26 heavy (non-hydrogen) atoms. The Bertz CT molecular complexity index is 835. The molecule has 2 aromatic rings. The minimum absolute atomic E-state index is 0.0605. The Hall–Kier alpha value is -2.99. The Kier molecular flexibility index (Phi) is 5.14. The highest BCUT2D eigenvalue weighted by Crippen LogP contribution is 2.31. The van der Waals surface area contributed by atoms with Crippen molar-refractivity contribution < 1.29 is 19.2 Å². The number of nitrogens with zero attached hydrogens (tertiary/aromatic N) is 2. The van der Waals surface area contributed by atoms with Crippen molar-refractivity contribution in [3.05, 3.63) is 71.3 Å². The van der Waals surface area contributed by atoms with E-state index in [4.69, 9.17) is 4.84 Å². The van der Waals surface area contributed by atoms with Crippen molar-refractivity contribution in [1.82, 2.24) is 9.96 Å². The van der Waals surface area contributed by atoms with E-state index in [9.17, 15) is 14.4 Å². The molecule has 3 amide bonds. The van der Waals surface area contributed by atoms with Crippen molar-refractivity contribution in [2.75, 3.05) is 13.6 Å². The SMILES string of the molecule is CCN(C)C(=O)C1C(=O)N(OCc2ccccc2)C(=O)c2ccccc21. The molecule has 0 bridgehead atoms. The molecule has 1 atom stereocenters. The molecule has 134 valence electrons. The fourth-order valence-corrected chi connectivity index (χ4v) is 2.85. The average molecular weight is 352 g/mol. The summed E-state index contributed by atoms with van der Waals surface area (Å²) in [4.78, 5) is 45.3. The molecule has 0 saturated heterocycles. The third-order valence-corrected chi connectivity index (χ3v) is 4.43. The first-order valence-corrected chi connectivity index (χ1v) is 8.43. The quantitative estimate of drug-likeness (QED) is 0.612. The molecule has 1 unspecified atom stereocenters. The van der Waals surface area contributed by atoms with Gasteiger partial charge >= 0.3 is 0 Å². The minimum Gasteiger partial charge on any atom is -0.345 e. The van der Waals surface area contributed by atoms with Gasteiger partial charge in [0, 0.05) is 19.2 Å². The number of imide groups is 1. The summed E-state index contributed by atoms with van der Waals surface area (Å²) in [6.45, 7) is 2.35. The van der Waals surface area contributed by atoms with Crippen molar-refractivity contribution in [2.24, 2.45) is 0 Å². The third-order valence-electron chi connectivity index (χ3n) is 4.43. The van der Waals surface area contributed by atoms with Gasteiger partial charge in [-0.25, -0.2) is 0 Å². The molecule has 3 rings (SSSR count). The molecular formula is C20H20N2O4. The van der Waals surface area contributed by atoms with E-state index < -0.39 is 17.7 Å². The van der Waals surface area contributed by atoms with Gasteiger partial charge < -0.3 is 4.90 Å². The van der Waals surface area contributed by atoms with E-state index in [2.05, 4.69) is 0 Å². The standard InChI is InChI=1S/C20H20N2O4/c1-3-21(2)19(24)17-15-11-7-8-12-16(15)18(23)22(20(17)25)26-13-14-9-5-4-6-10-14/h4-12,17H,3,13H2,1-2H3. The average Bonchev–Trinajstić information content (AvgIpc) is 2.68. The van der Waals surface area contributed by atoms with Crippen molar-refractivity contribution in [2.45, 2.75) is 19.4 Å². The molecular weight excluding hydrogens is 332 g/mol. The van der Waals surface area contributed by atoms with E-state index in [0.717, 1.165) is 10.6 Å². The molecule has 0 spiro atoms. The van der Waals surface area contributed by atoms with Crippen LogP contribution < -0.4 is 0 Å². The van der Waals surface area contributed by atoms with E-state index in [1.807, 2.05) is 37.3 Å². The highest BCUT2D eigenvalue weighted by atomic mass is 16.7. The summed E-state index contributed by atoms with van der Waals surface area (Å²) in [5.41, 5.74) is 1.55. The van der Waals surface area contributed by atoms with Gasteiger partial charge in [0.15, 0.2) is 0 Å². The monoisotopic (exact) mass is 352 g/mol. The zero-order valence-corrected chi connectivity index (χ0v) is 14.7. The van der Waals surface area contributed by atoms with Gasteiger partial charge in [-0.2, -0.15) is 0 Å². The van der Waals surface area contributed by atoms with Crippen molar-refractivity contribution >= 4 is 17.7 Å². The number of carbonyl (C=O) groups excluding carboxylic acids is 3. The van der Waals surface area contributed by atoms with Gasteiger partial charge in [-0.3, -0.25) is 19.2 Å². The van der Waals surface area contributed by atoms with Gasteiger partial charge in [-0.05, 0) is 24.1 Å². The number of benzene rings is 2. The molecule has 0 aromatic heterocycles. The number of hydroxylamine groups is 2. The maximum absolute atomic E-state index is 12.9. The summed E-state index contributed by atoms with van der Waals surface area (Å²) in [5.74, 6) is -2.64.